The average Bonchev–Trinajstić information content (AvgIpc) is 2.49. The topological polar surface area (TPSA) is 41.1 Å². The maximum atomic E-state index is 12.4. The van der Waals surface area contributed by atoms with Gasteiger partial charge in [-0.2, -0.15) is 0 Å². The molecule has 2 N–H and O–H groups in total. The fraction of sp³-hybridized carbons (Fsp3) is 0.235. The summed E-state index contributed by atoms with van der Waals surface area (Å²) < 4.78 is 0. The lowest BCUT2D eigenvalue weighted by Gasteiger charge is -2.13. The lowest BCUT2D eigenvalue weighted by Crippen LogP contribution is -2.14. The molecule has 0 aromatic heterocycles. The third kappa shape index (κ3) is 2.99. The van der Waals surface area contributed by atoms with Crippen LogP contribution in [0.15, 0.2) is 42.5 Å². The van der Waals surface area contributed by atoms with Gasteiger partial charge < -0.3 is 10.6 Å². The summed E-state index contributed by atoms with van der Waals surface area (Å²) in [6, 6.07) is 13.6. The van der Waals surface area contributed by atoms with E-state index < -0.39 is 0 Å². The summed E-state index contributed by atoms with van der Waals surface area (Å²) in [6.07, 6.45) is 0.897. The summed E-state index contributed by atoms with van der Waals surface area (Å²) in [5, 5.41) is 6.07. The van der Waals surface area contributed by atoms with Gasteiger partial charge in [-0.15, -0.1) is 0 Å². The second-order valence-corrected chi connectivity index (χ2v) is 4.75. The molecular formula is C17H20N2O. The zero-order valence-corrected chi connectivity index (χ0v) is 12.2. The first-order chi connectivity index (χ1) is 9.65. The van der Waals surface area contributed by atoms with E-state index in [1.807, 2.05) is 56.4 Å². The van der Waals surface area contributed by atoms with Gasteiger partial charge in [0.05, 0.1) is 0 Å². The van der Waals surface area contributed by atoms with Crippen molar-refractivity contribution in [3.63, 3.8) is 0 Å². The van der Waals surface area contributed by atoms with Crippen LogP contribution in [0.2, 0.25) is 0 Å². The van der Waals surface area contributed by atoms with Crippen LogP contribution >= 0.6 is 0 Å². The van der Waals surface area contributed by atoms with Crippen molar-refractivity contribution in [2.75, 3.05) is 17.7 Å². The molecule has 0 fully saturated rings. The van der Waals surface area contributed by atoms with Crippen LogP contribution in [0.4, 0.5) is 11.4 Å². The van der Waals surface area contributed by atoms with Crippen LogP contribution in [-0.2, 0) is 6.42 Å². The lowest BCUT2D eigenvalue weighted by atomic mass is 10.1. The van der Waals surface area contributed by atoms with Crippen LogP contribution < -0.4 is 10.6 Å². The van der Waals surface area contributed by atoms with Crippen molar-refractivity contribution in [2.24, 2.45) is 0 Å². The van der Waals surface area contributed by atoms with Crippen LogP contribution in [0, 0.1) is 6.92 Å². The number of carbonyl (C=O) groups is 1. The van der Waals surface area contributed by atoms with E-state index in [1.54, 1.807) is 0 Å². The SMILES string of the molecule is CCc1cccc(C)c1NC(=O)c1cccc(NC)c1. The van der Waals surface area contributed by atoms with Crippen molar-refractivity contribution in [3.8, 4) is 0 Å². The largest absolute Gasteiger partial charge is 0.388 e. The van der Waals surface area contributed by atoms with Gasteiger partial charge in [0.25, 0.3) is 5.91 Å². The summed E-state index contributed by atoms with van der Waals surface area (Å²) in [5.41, 5.74) is 4.75. The Morgan fingerprint density at radius 2 is 1.90 bits per heavy atom. The fourth-order valence-corrected chi connectivity index (χ4v) is 2.20. The van der Waals surface area contributed by atoms with Crippen LogP contribution in [0.3, 0.4) is 0 Å². The van der Waals surface area contributed by atoms with E-state index in [0.717, 1.165) is 28.9 Å². The van der Waals surface area contributed by atoms with Crippen molar-refractivity contribution in [2.45, 2.75) is 20.3 Å². The van der Waals surface area contributed by atoms with E-state index in [2.05, 4.69) is 17.6 Å². The number of hydrogen-bond donors (Lipinski definition) is 2. The van der Waals surface area contributed by atoms with Gasteiger partial charge in [-0.3, -0.25) is 4.79 Å². The van der Waals surface area contributed by atoms with E-state index in [4.69, 9.17) is 0 Å². The zero-order valence-electron chi connectivity index (χ0n) is 12.2. The summed E-state index contributed by atoms with van der Waals surface area (Å²) in [4.78, 5) is 12.4. The molecule has 2 aromatic rings. The standard InChI is InChI=1S/C17H20N2O/c1-4-13-8-5-7-12(2)16(13)19-17(20)14-9-6-10-15(11-14)18-3/h5-11,18H,4H2,1-3H3,(H,19,20). The number of aryl methyl sites for hydroxylation is 2. The van der Waals surface area contributed by atoms with Crippen molar-refractivity contribution >= 4 is 17.3 Å². The summed E-state index contributed by atoms with van der Waals surface area (Å²) in [5.74, 6) is -0.0777. The molecule has 2 rings (SSSR count). The number of anilines is 2. The van der Waals surface area contributed by atoms with Gasteiger partial charge >= 0.3 is 0 Å². The minimum atomic E-state index is -0.0777. The number of amides is 1. The summed E-state index contributed by atoms with van der Waals surface area (Å²) in [6.45, 7) is 4.10. The second-order valence-electron chi connectivity index (χ2n) is 4.75. The van der Waals surface area contributed by atoms with E-state index in [1.165, 1.54) is 0 Å². The van der Waals surface area contributed by atoms with Crippen molar-refractivity contribution < 1.29 is 4.79 Å². The molecule has 0 radical (unpaired) electrons. The molecule has 0 spiro atoms. The quantitative estimate of drug-likeness (QED) is 0.884. The van der Waals surface area contributed by atoms with E-state index >= 15 is 0 Å². The average molecular weight is 268 g/mol. The van der Waals surface area contributed by atoms with E-state index in [9.17, 15) is 4.79 Å². The molecule has 0 saturated carbocycles. The van der Waals surface area contributed by atoms with E-state index in [-0.39, 0.29) is 5.91 Å². The Hall–Kier alpha value is -2.29. The molecule has 0 bridgehead atoms. The molecular weight excluding hydrogens is 248 g/mol. The molecule has 3 nitrogen and oxygen atoms in total. The lowest BCUT2D eigenvalue weighted by molar-refractivity contribution is 0.102. The smallest absolute Gasteiger partial charge is 0.255 e. The Kier molecular flexibility index (Phi) is 4.41. The molecule has 104 valence electrons. The predicted molar refractivity (Wildman–Crippen MR) is 84.5 cm³/mol. The Balaban J connectivity index is 2.27. The zero-order chi connectivity index (χ0) is 14.5. The van der Waals surface area contributed by atoms with Gasteiger partial charge in [-0.25, -0.2) is 0 Å². The predicted octanol–water partition coefficient (Wildman–Crippen LogP) is 3.85. The highest BCUT2D eigenvalue weighted by Crippen LogP contribution is 2.22. The highest BCUT2D eigenvalue weighted by Gasteiger charge is 2.10. The van der Waals surface area contributed by atoms with Gasteiger partial charge in [0.15, 0.2) is 0 Å². The number of rotatable bonds is 4. The van der Waals surface area contributed by atoms with Gasteiger partial charge in [0, 0.05) is 24.0 Å². The monoisotopic (exact) mass is 268 g/mol. The molecule has 0 aliphatic heterocycles. The summed E-state index contributed by atoms with van der Waals surface area (Å²) in [7, 11) is 1.84. The fourth-order valence-electron chi connectivity index (χ4n) is 2.20. The van der Waals surface area contributed by atoms with Crippen LogP contribution in [0.25, 0.3) is 0 Å². The van der Waals surface area contributed by atoms with Crippen molar-refractivity contribution in [1.82, 2.24) is 0 Å². The normalized spacial score (nSPS) is 10.2. The maximum Gasteiger partial charge on any atom is 0.255 e. The Morgan fingerprint density at radius 1 is 1.15 bits per heavy atom. The van der Waals surface area contributed by atoms with Crippen LogP contribution in [0.1, 0.15) is 28.4 Å². The second kappa shape index (κ2) is 6.24. The van der Waals surface area contributed by atoms with Gasteiger partial charge in [-0.05, 0) is 42.7 Å². The van der Waals surface area contributed by atoms with Crippen molar-refractivity contribution in [1.29, 1.82) is 0 Å². The Labute approximate surface area is 120 Å². The molecule has 2 aromatic carbocycles. The number of nitrogens with one attached hydrogen (secondary N) is 2. The molecule has 0 aliphatic rings. The summed E-state index contributed by atoms with van der Waals surface area (Å²) >= 11 is 0. The molecule has 0 unspecified atom stereocenters. The van der Waals surface area contributed by atoms with Gasteiger partial charge in [0.2, 0.25) is 0 Å². The van der Waals surface area contributed by atoms with Gasteiger partial charge in [-0.1, -0.05) is 31.2 Å². The third-order valence-corrected chi connectivity index (χ3v) is 3.39. The highest BCUT2D eigenvalue weighted by molar-refractivity contribution is 6.05. The first-order valence-corrected chi connectivity index (χ1v) is 6.83. The van der Waals surface area contributed by atoms with Gasteiger partial charge in [0.1, 0.15) is 0 Å². The van der Waals surface area contributed by atoms with E-state index in [0.29, 0.717) is 5.56 Å². The number of benzene rings is 2. The minimum absolute atomic E-state index is 0.0777. The molecule has 0 heterocycles. The highest BCUT2D eigenvalue weighted by atomic mass is 16.1. The van der Waals surface area contributed by atoms with Crippen LogP contribution in [-0.4, -0.2) is 13.0 Å². The first-order valence-electron chi connectivity index (χ1n) is 6.83. The molecule has 0 saturated heterocycles. The van der Waals surface area contributed by atoms with Crippen molar-refractivity contribution in [3.05, 3.63) is 59.2 Å². The number of hydrogen-bond acceptors (Lipinski definition) is 2. The Bertz CT molecular complexity index is 620. The third-order valence-electron chi connectivity index (χ3n) is 3.39. The molecule has 3 heteroatoms. The maximum absolute atomic E-state index is 12.4. The first kappa shape index (κ1) is 14.1. The van der Waals surface area contributed by atoms with Crippen LogP contribution in [0.5, 0.6) is 0 Å². The minimum Gasteiger partial charge on any atom is -0.388 e. The molecule has 20 heavy (non-hydrogen) atoms. The Morgan fingerprint density at radius 3 is 2.60 bits per heavy atom. The number of carbonyl (C=O) groups excluding carboxylic acids is 1. The number of para-hydroxylation sites is 1. The molecule has 1 amide bonds. The molecule has 0 atom stereocenters. The molecule has 0 aliphatic carbocycles.